The number of aromatic nitrogens is 1. The Kier molecular flexibility index (Phi) is 12.4. The molecular formula is C42H52F3N7O4. The Hall–Kier alpha value is -4.98. The summed E-state index contributed by atoms with van der Waals surface area (Å²) in [4.78, 5) is 64.2. The highest BCUT2D eigenvalue weighted by molar-refractivity contribution is 5.97. The number of fused-ring (bicyclic) bond motifs is 1. The average Bonchev–Trinajstić information content (AvgIpc) is 3.54. The fourth-order valence-corrected chi connectivity index (χ4v) is 8.44. The fraction of sp³-hybridized carbons (Fsp3) is 0.500. The Morgan fingerprint density at radius 1 is 0.875 bits per heavy atom. The number of pyridine rings is 1. The molecule has 5 amide bonds. The van der Waals surface area contributed by atoms with Crippen LogP contribution < -0.4 is 16.0 Å². The number of carbonyl (C=O) groups is 4. The zero-order valence-corrected chi connectivity index (χ0v) is 32.4. The van der Waals surface area contributed by atoms with Crippen LogP contribution in [0.2, 0.25) is 0 Å². The van der Waals surface area contributed by atoms with Crippen LogP contribution in [0.25, 0.3) is 0 Å². The number of hydrogen-bond donors (Lipinski definition) is 3. The van der Waals surface area contributed by atoms with Gasteiger partial charge in [0.2, 0.25) is 17.7 Å². The normalized spacial score (nSPS) is 19.6. The van der Waals surface area contributed by atoms with Gasteiger partial charge in [-0.15, -0.1) is 0 Å². The maximum absolute atomic E-state index is 14.7. The summed E-state index contributed by atoms with van der Waals surface area (Å²) in [5, 5.41) is 9.09. The Bertz CT molecular complexity index is 1890. The first-order valence-electron chi connectivity index (χ1n) is 19.5. The minimum absolute atomic E-state index is 0.0527. The van der Waals surface area contributed by atoms with Crippen LogP contribution in [0.4, 0.5) is 29.5 Å². The van der Waals surface area contributed by atoms with Gasteiger partial charge in [0, 0.05) is 51.2 Å². The first-order valence-corrected chi connectivity index (χ1v) is 19.5. The van der Waals surface area contributed by atoms with Crippen molar-refractivity contribution >= 4 is 35.3 Å². The molecule has 1 aromatic heterocycles. The summed E-state index contributed by atoms with van der Waals surface area (Å²) in [6.07, 6.45) is -0.576. The van der Waals surface area contributed by atoms with Crippen molar-refractivity contribution < 1.29 is 32.3 Å². The standard InChI is InChI=1S/C42H52F3N7O4/c1-4-41(16-21-51(22-17-41)39(56)50-19-14-33(15-20-50)42(43,44)45)38(55)52(27-31-10-6-5-9-30(31)26-46-3)28-36(53)48-34-13-12-29-24-40(2,25-32(29)23-34)37(54)49-35-11-7-8-18-47-35/h5-13,18,23,33,46H,4,14-17,19-22,24-28H2,1-3H3,(H,48,53)(H,47,49,54)/t40-/m1/s1. The van der Waals surface area contributed by atoms with Crippen molar-refractivity contribution in [2.45, 2.75) is 78.1 Å². The van der Waals surface area contributed by atoms with Gasteiger partial charge in [0.1, 0.15) is 12.4 Å². The molecule has 3 aromatic rings. The Morgan fingerprint density at radius 2 is 1.54 bits per heavy atom. The molecule has 2 aromatic carbocycles. The van der Waals surface area contributed by atoms with Crippen LogP contribution in [-0.4, -0.2) is 89.4 Å². The lowest BCUT2D eigenvalue weighted by atomic mass is 9.74. The SMILES string of the molecule is CCC1(C(=O)N(CC(=O)Nc2ccc3c(c2)C[C@](C)(C(=O)Nc2ccccn2)C3)Cc2ccccc2CNC)CCN(C(=O)N2CCC(C(F)(F)F)CC2)CC1. The summed E-state index contributed by atoms with van der Waals surface area (Å²) in [5.41, 5.74) is 2.96. The molecule has 1 atom stereocenters. The zero-order valence-electron chi connectivity index (χ0n) is 32.4. The average molecular weight is 776 g/mol. The molecule has 0 unspecified atom stereocenters. The van der Waals surface area contributed by atoms with Gasteiger partial charge in [0.25, 0.3) is 0 Å². The minimum atomic E-state index is -4.26. The fourth-order valence-electron chi connectivity index (χ4n) is 8.44. The van der Waals surface area contributed by atoms with Crippen molar-refractivity contribution in [3.63, 3.8) is 0 Å². The molecule has 3 heterocycles. The lowest BCUT2D eigenvalue weighted by molar-refractivity contribution is -0.183. The number of likely N-dealkylation sites (tertiary alicyclic amines) is 2. The Labute approximate surface area is 326 Å². The highest BCUT2D eigenvalue weighted by atomic mass is 19.4. The maximum Gasteiger partial charge on any atom is 0.391 e. The molecule has 14 heteroatoms. The molecule has 0 radical (unpaired) electrons. The first kappa shape index (κ1) is 40.7. The van der Waals surface area contributed by atoms with Gasteiger partial charge >= 0.3 is 12.2 Å². The largest absolute Gasteiger partial charge is 0.391 e. The number of nitrogens with zero attached hydrogens (tertiary/aromatic N) is 4. The van der Waals surface area contributed by atoms with Crippen molar-refractivity contribution in [2.75, 3.05) is 50.4 Å². The first-order chi connectivity index (χ1) is 26.7. The van der Waals surface area contributed by atoms with Crippen molar-refractivity contribution in [2.24, 2.45) is 16.7 Å². The van der Waals surface area contributed by atoms with Crippen LogP contribution >= 0.6 is 0 Å². The maximum atomic E-state index is 14.7. The Balaban J connectivity index is 1.14. The van der Waals surface area contributed by atoms with E-state index in [-0.39, 0.29) is 62.8 Å². The van der Waals surface area contributed by atoms with Crippen LogP contribution in [0.1, 0.15) is 68.2 Å². The van der Waals surface area contributed by atoms with E-state index in [0.717, 1.165) is 22.3 Å². The second kappa shape index (κ2) is 17.0. The van der Waals surface area contributed by atoms with Crippen LogP contribution in [0.3, 0.4) is 0 Å². The smallest absolute Gasteiger partial charge is 0.329 e. The monoisotopic (exact) mass is 775 g/mol. The van der Waals surface area contributed by atoms with Crippen molar-refractivity contribution in [3.05, 3.63) is 89.1 Å². The summed E-state index contributed by atoms with van der Waals surface area (Å²) in [5.74, 6) is -1.57. The quantitative estimate of drug-likeness (QED) is 0.207. The summed E-state index contributed by atoms with van der Waals surface area (Å²) in [6.45, 7) is 5.14. The van der Waals surface area contributed by atoms with E-state index >= 15 is 0 Å². The van der Waals surface area contributed by atoms with Crippen LogP contribution in [0.5, 0.6) is 0 Å². The van der Waals surface area contributed by atoms with Crippen molar-refractivity contribution in [3.8, 4) is 0 Å². The lowest BCUT2D eigenvalue weighted by Gasteiger charge is -2.44. The third-order valence-corrected chi connectivity index (χ3v) is 11.9. The van der Waals surface area contributed by atoms with Crippen molar-refractivity contribution in [1.29, 1.82) is 0 Å². The summed E-state index contributed by atoms with van der Waals surface area (Å²) >= 11 is 0. The van der Waals surface area contributed by atoms with Gasteiger partial charge in [-0.25, -0.2) is 9.78 Å². The summed E-state index contributed by atoms with van der Waals surface area (Å²) < 4.78 is 39.7. The molecule has 2 aliphatic heterocycles. The van der Waals surface area contributed by atoms with E-state index in [1.807, 2.05) is 69.4 Å². The number of piperidine rings is 2. The number of halogens is 3. The molecule has 3 aliphatic rings. The molecule has 0 saturated carbocycles. The molecule has 3 N–H and O–H groups in total. The van der Waals surface area contributed by atoms with Crippen molar-refractivity contribution in [1.82, 2.24) is 25.0 Å². The number of anilines is 2. The van der Waals surface area contributed by atoms with Gasteiger partial charge < -0.3 is 30.7 Å². The van der Waals surface area contributed by atoms with Gasteiger partial charge in [0.15, 0.2) is 0 Å². The van der Waals surface area contributed by atoms with E-state index in [4.69, 9.17) is 0 Å². The number of nitrogens with one attached hydrogen (secondary N) is 3. The molecule has 300 valence electrons. The topological polar surface area (TPSA) is 127 Å². The molecule has 11 nitrogen and oxygen atoms in total. The summed E-state index contributed by atoms with van der Waals surface area (Å²) in [7, 11) is 1.85. The number of urea groups is 1. The lowest BCUT2D eigenvalue weighted by Crippen LogP contribution is -2.55. The number of carbonyl (C=O) groups excluding carboxylic acids is 4. The van der Waals surface area contributed by atoms with Crippen LogP contribution in [-0.2, 0) is 40.3 Å². The van der Waals surface area contributed by atoms with Gasteiger partial charge in [-0.05, 0) is 98.5 Å². The molecule has 1 aliphatic carbocycles. The van der Waals surface area contributed by atoms with E-state index in [0.29, 0.717) is 63.2 Å². The molecule has 56 heavy (non-hydrogen) atoms. The molecule has 0 bridgehead atoms. The third-order valence-electron chi connectivity index (χ3n) is 11.9. The van der Waals surface area contributed by atoms with E-state index in [1.54, 1.807) is 28.1 Å². The van der Waals surface area contributed by atoms with Gasteiger partial charge in [-0.1, -0.05) is 50.2 Å². The highest BCUT2D eigenvalue weighted by Gasteiger charge is 2.46. The Morgan fingerprint density at radius 3 is 2.18 bits per heavy atom. The summed E-state index contributed by atoms with van der Waals surface area (Å²) in [6, 6.07) is 18.5. The predicted octanol–water partition coefficient (Wildman–Crippen LogP) is 6.40. The molecule has 2 saturated heterocycles. The number of amides is 5. The molecule has 0 spiro atoms. The molecular weight excluding hydrogens is 724 g/mol. The minimum Gasteiger partial charge on any atom is -0.329 e. The van der Waals surface area contributed by atoms with E-state index in [9.17, 15) is 32.3 Å². The van der Waals surface area contributed by atoms with E-state index < -0.39 is 22.9 Å². The zero-order chi connectivity index (χ0) is 40.1. The van der Waals surface area contributed by atoms with E-state index in [1.165, 1.54) is 4.90 Å². The van der Waals surface area contributed by atoms with E-state index in [2.05, 4.69) is 20.9 Å². The molecule has 2 fully saturated rings. The van der Waals surface area contributed by atoms with Gasteiger partial charge in [-0.3, -0.25) is 14.4 Å². The van der Waals surface area contributed by atoms with Crippen LogP contribution in [0, 0.1) is 16.7 Å². The highest BCUT2D eigenvalue weighted by Crippen LogP contribution is 2.40. The van der Waals surface area contributed by atoms with Gasteiger partial charge in [-0.2, -0.15) is 13.2 Å². The molecule has 6 rings (SSSR count). The second-order valence-corrected chi connectivity index (χ2v) is 15.8. The number of alkyl halides is 3. The predicted molar refractivity (Wildman–Crippen MR) is 207 cm³/mol. The third kappa shape index (κ3) is 9.17. The number of hydrogen-bond acceptors (Lipinski definition) is 6. The number of benzene rings is 2. The number of rotatable bonds is 11. The second-order valence-electron chi connectivity index (χ2n) is 15.8. The van der Waals surface area contributed by atoms with Crippen LogP contribution in [0.15, 0.2) is 66.9 Å². The van der Waals surface area contributed by atoms with Gasteiger partial charge in [0.05, 0.1) is 16.7 Å².